The Labute approximate surface area is 120 Å². The summed E-state index contributed by atoms with van der Waals surface area (Å²) in [4.78, 5) is 3.87. The number of fused-ring (bicyclic) bond motifs is 1. The number of hydrogen-bond acceptors (Lipinski definition) is 3. The van der Waals surface area contributed by atoms with Crippen LogP contribution in [0.15, 0.2) is 47.1 Å². The topological polar surface area (TPSA) is 38.1 Å². The third-order valence-corrected chi connectivity index (χ3v) is 3.37. The largest absolute Gasteiger partial charge is 0.459 e. The first-order chi connectivity index (χ1) is 9.67. The fourth-order valence-electron chi connectivity index (χ4n) is 2.24. The van der Waals surface area contributed by atoms with Crippen molar-refractivity contribution in [1.82, 2.24) is 10.3 Å². The molecule has 2 aromatic heterocycles. The number of hydrogen-bond donors (Lipinski definition) is 1. The molecule has 0 saturated carbocycles. The number of furan rings is 1. The third kappa shape index (κ3) is 2.40. The van der Waals surface area contributed by atoms with E-state index in [0.717, 1.165) is 11.0 Å². The average molecular weight is 291 g/mol. The highest BCUT2D eigenvalue weighted by atomic mass is 35.5. The second-order valence-electron chi connectivity index (χ2n) is 4.49. The summed E-state index contributed by atoms with van der Waals surface area (Å²) in [5.41, 5.74) is 1.45. The van der Waals surface area contributed by atoms with Crippen LogP contribution in [-0.4, -0.2) is 12.0 Å². The molecule has 0 bridgehead atoms. The Kier molecular flexibility index (Phi) is 3.42. The number of nitrogens with zero attached hydrogens (tertiary/aromatic N) is 1. The molecule has 0 aliphatic rings. The maximum absolute atomic E-state index is 13.3. The minimum Gasteiger partial charge on any atom is -0.459 e. The molecule has 0 spiro atoms. The molecule has 3 rings (SSSR count). The second kappa shape index (κ2) is 5.23. The second-order valence-corrected chi connectivity index (χ2v) is 4.93. The van der Waals surface area contributed by atoms with E-state index in [1.165, 1.54) is 12.3 Å². The molecule has 0 radical (unpaired) electrons. The molecule has 0 fully saturated rings. The fraction of sp³-hybridized carbons (Fsp3) is 0.133. The van der Waals surface area contributed by atoms with Crippen molar-refractivity contribution in [1.29, 1.82) is 0 Å². The van der Waals surface area contributed by atoms with Gasteiger partial charge in [0.15, 0.2) is 0 Å². The van der Waals surface area contributed by atoms with Crippen LogP contribution in [0, 0.1) is 5.82 Å². The van der Waals surface area contributed by atoms with Gasteiger partial charge >= 0.3 is 0 Å². The van der Waals surface area contributed by atoms with Gasteiger partial charge in [0.2, 0.25) is 0 Å². The Balaban J connectivity index is 2.07. The molecule has 5 heteroatoms. The van der Waals surface area contributed by atoms with Gasteiger partial charge in [-0.25, -0.2) is 4.39 Å². The number of halogens is 2. The maximum atomic E-state index is 13.3. The van der Waals surface area contributed by atoms with Gasteiger partial charge in [-0.3, -0.25) is 4.98 Å². The Morgan fingerprint density at radius 1 is 1.25 bits per heavy atom. The zero-order chi connectivity index (χ0) is 14.1. The van der Waals surface area contributed by atoms with Gasteiger partial charge in [-0.1, -0.05) is 11.6 Å². The lowest BCUT2D eigenvalue weighted by atomic mass is 10.1. The van der Waals surface area contributed by atoms with Crippen LogP contribution in [0.1, 0.15) is 17.4 Å². The molecule has 0 aliphatic heterocycles. The number of rotatable bonds is 3. The van der Waals surface area contributed by atoms with Gasteiger partial charge in [-0.15, -0.1) is 0 Å². The molecule has 1 N–H and O–H groups in total. The maximum Gasteiger partial charge on any atom is 0.141 e. The van der Waals surface area contributed by atoms with E-state index < -0.39 is 0 Å². The Bertz CT molecular complexity index is 756. The standard InChI is InChI=1S/C15H12ClFN2O/c1-18-15(10-5-12(17)8-19-7-10)14-6-9-4-11(16)2-3-13(9)20-14/h2-8,15,18H,1H3. The summed E-state index contributed by atoms with van der Waals surface area (Å²) in [7, 11) is 1.79. The first-order valence-corrected chi connectivity index (χ1v) is 6.52. The summed E-state index contributed by atoms with van der Waals surface area (Å²) in [5.74, 6) is 0.319. The van der Waals surface area contributed by atoms with Crippen molar-refractivity contribution in [3.05, 3.63) is 64.9 Å². The minimum atomic E-state index is -0.373. The first-order valence-electron chi connectivity index (χ1n) is 6.14. The normalized spacial score (nSPS) is 12.8. The van der Waals surface area contributed by atoms with Gasteiger partial charge < -0.3 is 9.73 Å². The first kappa shape index (κ1) is 13.1. The molecule has 2 heterocycles. The summed E-state index contributed by atoms with van der Waals surface area (Å²) in [5, 5.41) is 4.67. The average Bonchev–Trinajstić information content (AvgIpc) is 2.82. The van der Waals surface area contributed by atoms with Gasteiger partial charge in [-0.2, -0.15) is 0 Å². The number of nitrogens with one attached hydrogen (secondary N) is 1. The molecular formula is C15H12ClFN2O. The van der Waals surface area contributed by atoms with E-state index in [1.807, 2.05) is 18.2 Å². The zero-order valence-electron chi connectivity index (χ0n) is 10.7. The van der Waals surface area contributed by atoms with Gasteiger partial charge in [0.1, 0.15) is 17.2 Å². The molecule has 1 unspecified atom stereocenters. The summed E-state index contributed by atoms with van der Waals surface area (Å²) < 4.78 is 19.1. The van der Waals surface area contributed by atoms with Crippen molar-refractivity contribution in [3.63, 3.8) is 0 Å². The fourth-order valence-corrected chi connectivity index (χ4v) is 2.42. The van der Waals surface area contributed by atoms with E-state index >= 15 is 0 Å². The van der Waals surface area contributed by atoms with Crippen LogP contribution in [0.5, 0.6) is 0 Å². The Hall–Kier alpha value is -1.91. The zero-order valence-corrected chi connectivity index (χ0v) is 11.5. The van der Waals surface area contributed by atoms with Gasteiger partial charge in [0, 0.05) is 16.6 Å². The van der Waals surface area contributed by atoms with Crippen LogP contribution in [0.4, 0.5) is 4.39 Å². The van der Waals surface area contributed by atoms with Crippen molar-refractivity contribution in [2.24, 2.45) is 0 Å². The molecule has 3 aromatic rings. The van der Waals surface area contributed by atoms with E-state index in [4.69, 9.17) is 16.0 Å². The SMILES string of the molecule is CNC(c1cncc(F)c1)c1cc2cc(Cl)ccc2o1. The lowest BCUT2D eigenvalue weighted by Crippen LogP contribution is -2.17. The van der Waals surface area contributed by atoms with Crippen molar-refractivity contribution >= 4 is 22.6 Å². The van der Waals surface area contributed by atoms with Gasteiger partial charge in [-0.05, 0) is 42.9 Å². The van der Waals surface area contributed by atoms with E-state index in [1.54, 1.807) is 19.3 Å². The number of pyridine rings is 1. The molecule has 1 atom stereocenters. The predicted octanol–water partition coefficient (Wildman–Crippen LogP) is 3.93. The smallest absolute Gasteiger partial charge is 0.141 e. The summed E-state index contributed by atoms with van der Waals surface area (Å²) in [6, 6.07) is 8.50. The number of aromatic nitrogens is 1. The molecule has 3 nitrogen and oxygen atoms in total. The Morgan fingerprint density at radius 3 is 2.85 bits per heavy atom. The van der Waals surface area contributed by atoms with Crippen LogP contribution < -0.4 is 5.32 Å². The molecule has 102 valence electrons. The number of benzene rings is 1. The highest BCUT2D eigenvalue weighted by molar-refractivity contribution is 6.31. The van der Waals surface area contributed by atoms with Crippen LogP contribution >= 0.6 is 11.6 Å². The van der Waals surface area contributed by atoms with Gasteiger partial charge in [0.25, 0.3) is 0 Å². The molecule has 0 aliphatic carbocycles. The van der Waals surface area contributed by atoms with Crippen molar-refractivity contribution in [3.8, 4) is 0 Å². The third-order valence-electron chi connectivity index (χ3n) is 3.13. The van der Waals surface area contributed by atoms with E-state index in [0.29, 0.717) is 16.3 Å². The summed E-state index contributed by atoms with van der Waals surface area (Å²) >= 11 is 5.96. The summed E-state index contributed by atoms with van der Waals surface area (Å²) in [6.07, 6.45) is 2.79. The van der Waals surface area contributed by atoms with E-state index in [9.17, 15) is 4.39 Å². The van der Waals surface area contributed by atoms with E-state index in [-0.39, 0.29) is 11.9 Å². The van der Waals surface area contributed by atoms with Crippen molar-refractivity contribution in [2.45, 2.75) is 6.04 Å². The van der Waals surface area contributed by atoms with Crippen LogP contribution in [0.25, 0.3) is 11.0 Å². The molecule has 1 aromatic carbocycles. The lowest BCUT2D eigenvalue weighted by Gasteiger charge is -2.13. The van der Waals surface area contributed by atoms with Crippen LogP contribution in [0.3, 0.4) is 0 Å². The minimum absolute atomic E-state index is 0.260. The van der Waals surface area contributed by atoms with Crippen LogP contribution in [-0.2, 0) is 0 Å². The van der Waals surface area contributed by atoms with Crippen LogP contribution in [0.2, 0.25) is 5.02 Å². The van der Waals surface area contributed by atoms with E-state index in [2.05, 4.69) is 10.3 Å². The van der Waals surface area contributed by atoms with Crippen molar-refractivity contribution in [2.75, 3.05) is 7.05 Å². The monoisotopic (exact) mass is 290 g/mol. The molecule has 0 saturated heterocycles. The molecule has 0 amide bonds. The molecule has 20 heavy (non-hydrogen) atoms. The van der Waals surface area contributed by atoms with Gasteiger partial charge in [0.05, 0.1) is 12.2 Å². The Morgan fingerprint density at radius 2 is 2.10 bits per heavy atom. The summed E-state index contributed by atoms with van der Waals surface area (Å²) in [6.45, 7) is 0. The lowest BCUT2D eigenvalue weighted by molar-refractivity contribution is 0.489. The highest BCUT2D eigenvalue weighted by Gasteiger charge is 2.17. The highest BCUT2D eigenvalue weighted by Crippen LogP contribution is 2.29. The molecular weight excluding hydrogens is 279 g/mol. The van der Waals surface area contributed by atoms with Crippen molar-refractivity contribution < 1.29 is 8.81 Å². The predicted molar refractivity (Wildman–Crippen MR) is 76.3 cm³/mol. The quantitative estimate of drug-likeness (QED) is 0.794.